The number of carbonyl (C=O) groups excluding carboxylic acids is 4. The standard InChI is InChI=1S/C16H18N2O6/c1-17-14(21)13(15(22)18(2)16(17)23)11(8-12(19)20)9-4-6-10(24-3)7-5-9/h4-7,11,13H,8H2,1-3H3,(H,19,20)/p-1/t11-/m0/s1. The SMILES string of the molecule is COc1ccc([C@H](CC(=O)[O-])C2C(=O)N(C)C(=O)N(C)C2=O)cc1. The first-order valence-corrected chi connectivity index (χ1v) is 7.20. The van der Waals surface area contributed by atoms with Crippen LogP contribution in [0, 0.1) is 5.92 Å². The number of nitrogens with zero attached hydrogens (tertiary/aromatic N) is 2. The summed E-state index contributed by atoms with van der Waals surface area (Å²) in [5, 5.41) is 11.1. The maximum absolute atomic E-state index is 12.4. The summed E-state index contributed by atoms with van der Waals surface area (Å²) in [7, 11) is 3.99. The summed E-state index contributed by atoms with van der Waals surface area (Å²) in [6, 6.07) is 5.64. The van der Waals surface area contributed by atoms with Crippen molar-refractivity contribution in [3.63, 3.8) is 0 Å². The lowest BCUT2D eigenvalue weighted by Gasteiger charge is -2.36. The molecular formula is C16H17N2O6-. The van der Waals surface area contributed by atoms with E-state index in [1.807, 2.05) is 0 Å². The highest BCUT2D eigenvalue weighted by atomic mass is 16.5. The molecule has 0 aromatic heterocycles. The molecule has 0 spiro atoms. The van der Waals surface area contributed by atoms with Crippen LogP contribution in [0.3, 0.4) is 0 Å². The maximum atomic E-state index is 12.4. The van der Waals surface area contributed by atoms with Crippen LogP contribution in [0.25, 0.3) is 0 Å². The van der Waals surface area contributed by atoms with Gasteiger partial charge in [0.15, 0.2) is 0 Å². The van der Waals surface area contributed by atoms with E-state index in [-0.39, 0.29) is 0 Å². The molecule has 1 aromatic carbocycles. The molecule has 0 bridgehead atoms. The summed E-state index contributed by atoms with van der Waals surface area (Å²) in [5.41, 5.74) is 0.475. The molecule has 0 aliphatic carbocycles. The minimum atomic E-state index is -1.39. The number of methoxy groups -OCH3 is 1. The van der Waals surface area contributed by atoms with E-state index in [0.29, 0.717) is 11.3 Å². The molecule has 1 atom stereocenters. The van der Waals surface area contributed by atoms with Crippen LogP contribution >= 0.6 is 0 Å². The van der Waals surface area contributed by atoms with Crippen LogP contribution in [-0.4, -0.2) is 54.8 Å². The number of amides is 4. The molecule has 24 heavy (non-hydrogen) atoms. The Morgan fingerprint density at radius 1 is 1.12 bits per heavy atom. The van der Waals surface area contributed by atoms with Crippen molar-refractivity contribution >= 4 is 23.8 Å². The molecule has 0 unspecified atom stereocenters. The van der Waals surface area contributed by atoms with Gasteiger partial charge in [0.25, 0.3) is 0 Å². The summed E-state index contributed by atoms with van der Waals surface area (Å²) in [6.07, 6.45) is -0.523. The summed E-state index contributed by atoms with van der Waals surface area (Å²) in [6.45, 7) is 0. The highest BCUT2D eigenvalue weighted by molar-refractivity contribution is 6.16. The number of benzene rings is 1. The highest BCUT2D eigenvalue weighted by Gasteiger charge is 2.46. The van der Waals surface area contributed by atoms with E-state index < -0.39 is 42.1 Å². The van der Waals surface area contributed by atoms with Gasteiger partial charge in [-0.1, -0.05) is 12.1 Å². The van der Waals surface area contributed by atoms with E-state index in [4.69, 9.17) is 4.74 Å². The zero-order valence-corrected chi connectivity index (χ0v) is 13.5. The molecule has 1 saturated heterocycles. The fourth-order valence-electron chi connectivity index (χ4n) is 2.74. The Morgan fingerprint density at radius 2 is 1.62 bits per heavy atom. The summed E-state index contributed by atoms with van der Waals surface area (Å²) in [5.74, 6) is -4.55. The van der Waals surface area contributed by atoms with Gasteiger partial charge in [-0.15, -0.1) is 0 Å². The third-order valence-electron chi connectivity index (χ3n) is 4.10. The molecule has 8 heteroatoms. The third kappa shape index (κ3) is 3.08. The average molecular weight is 333 g/mol. The number of imide groups is 2. The number of aliphatic carboxylic acids is 1. The number of carboxylic acids is 1. The largest absolute Gasteiger partial charge is 0.550 e. The van der Waals surface area contributed by atoms with Gasteiger partial charge in [-0.3, -0.25) is 19.4 Å². The Labute approximate surface area is 138 Å². The van der Waals surface area contributed by atoms with Crippen molar-refractivity contribution in [1.82, 2.24) is 9.80 Å². The molecule has 1 aliphatic rings. The molecule has 4 amide bonds. The second kappa shape index (κ2) is 6.69. The van der Waals surface area contributed by atoms with Gasteiger partial charge in [-0.2, -0.15) is 0 Å². The number of rotatable bonds is 5. The number of barbiturate groups is 1. The number of carboxylic acid groups (broad SMARTS) is 1. The molecule has 1 aromatic rings. The molecule has 1 fully saturated rings. The number of ether oxygens (including phenoxy) is 1. The predicted molar refractivity (Wildman–Crippen MR) is 79.8 cm³/mol. The number of hydrogen-bond acceptors (Lipinski definition) is 6. The van der Waals surface area contributed by atoms with Gasteiger partial charge >= 0.3 is 6.03 Å². The predicted octanol–water partition coefficient (Wildman–Crippen LogP) is -0.415. The van der Waals surface area contributed by atoms with Crippen molar-refractivity contribution in [1.29, 1.82) is 0 Å². The van der Waals surface area contributed by atoms with Crippen LogP contribution in [0.4, 0.5) is 4.79 Å². The third-order valence-corrected chi connectivity index (χ3v) is 4.10. The summed E-state index contributed by atoms with van der Waals surface area (Å²) >= 11 is 0. The van der Waals surface area contributed by atoms with Gasteiger partial charge in [-0.25, -0.2) is 4.79 Å². The van der Waals surface area contributed by atoms with Gasteiger partial charge in [0.1, 0.15) is 11.7 Å². The zero-order valence-electron chi connectivity index (χ0n) is 13.5. The van der Waals surface area contributed by atoms with Crippen LogP contribution in [0.2, 0.25) is 0 Å². The molecule has 1 heterocycles. The second-order valence-electron chi connectivity index (χ2n) is 5.51. The minimum absolute atomic E-state index is 0.475. The molecule has 128 valence electrons. The van der Waals surface area contributed by atoms with Crippen molar-refractivity contribution in [2.75, 3.05) is 21.2 Å². The molecule has 0 radical (unpaired) electrons. The zero-order chi connectivity index (χ0) is 18.0. The van der Waals surface area contributed by atoms with E-state index in [2.05, 4.69) is 0 Å². The van der Waals surface area contributed by atoms with Gasteiger partial charge in [0, 0.05) is 26.0 Å². The highest BCUT2D eigenvalue weighted by Crippen LogP contribution is 2.34. The number of hydrogen-bond donors (Lipinski definition) is 0. The van der Waals surface area contributed by atoms with E-state index >= 15 is 0 Å². The van der Waals surface area contributed by atoms with Crippen molar-refractivity contribution in [3.05, 3.63) is 29.8 Å². The number of urea groups is 1. The first kappa shape index (κ1) is 17.5. The van der Waals surface area contributed by atoms with Crippen molar-refractivity contribution < 1.29 is 29.0 Å². The van der Waals surface area contributed by atoms with Crippen LogP contribution in [0.15, 0.2) is 24.3 Å². The van der Waals surface area contributed by atoms with Crippen molar-refractivity contribution in [2.24, 2.45) is 5.92 Å². The summed E-state index contributed by atoms with van der Waals surface area (Å²) < 4.78 is 5.04. The molecule has 1 aliphatic heterocycles. The molecule has 0 saturated carbocycles. The molecule has 8 nitrogen and oxygen atoms in total. The Bertz CT molecular complexity index is 660. The first-order valence-electron chi connectivity index (χ1n) is 7.20. The number of carbonyl (C=O) groups is 4. The van der Waals surface area contributed by atoms with E-state index in [1.165, 1.54) is 21.2 Å². The van der Waals surface area contributed by atoms with Crippen LogP contribution in [-0.2, 0) is 14.4 Å². The Kier molecular flexibility index (Phi) is 4.87. The van der Waals surface area contributed by atoms with Gasteiger partial charge < -0.3 is 14.6 Å². The fraction of sp³-hybridized carbons (Fsp3) is 0.375. The topological polar surface area (TPSA) is 107 Å². The van der Waals surface area contributed by atoms with Gasteiger partial charge in [0.05, 0.1) is 7.11 Å². The van der Waals surface area contributed by atoms with Crippen molar-refractivity contribution in [3.8, 4) is 5.75 Å². The van der Waals surface area contributed by atoms with E-state index in [9.17, 15) is 24.3 Å². The van der Waals surface area contributed by atoms with E-state index in [1.54, 1.807) is 24.3 Å². The average Bonchev–Trinajstić information content (AvgIpc) is 2.57. The molecule has 2 rings (SSSR count). The Morgan fingerprint density at radius 3 is 2.04 bits per heavy atom. The lowest BCUT2D eigenvalue weighted by atomic mass is 9.81. The maximum Gasteiger partial charge on any atom is 0.332 e. The fourth-order valence-corrected chi connectivity index (χ4v) is 2.74. The Balaban J connectivity index is 2.45. The molecular weight excluding hydrogens is 316 g/mol. The minimum Gasteiger partial charge on any atom is -0.550 e. The van der Waals surface area contributed by atoms with Crippen molar-refractivity contribution in [2.45, 2.75) is 12.3 Å². The quantitative estimate of drug-likeness (QED) is 0.678. The summed E-state index contributed by atoms with van der Waals surface area (Å²) in [4.78, 5) is 49.5. The second-order valence-corrected chi connectivity index (χ2v) is 5.51. The lowest BCUT2D eigenvalue weighted by Crippen LogP contribution is -2.58. The smallest absolute Gasteiger partial charge is 0.332 e. The van der Waals surface area contributed by atoms with Crippen LogP contribution in [0.5, 0.6) is 5.75 Å². The van der Waals surface area contributed by atoms with E-state index in [0.717, 1.165) is 9.80 Å². The lowest BCUT2D eigenvalue weighted by molar-refractivity contribution is -0.306. The van der Waals surface area contributed by atoms with Gasteiger partial charge in [-0.05, 0) is 24.1 Å². The van der Waals surface area contributed by atoms with Crippen LogP contribution in [0.1, 0.15) is 17.9 Å². The van der Waals surface area contributed by atoms with Crippen LogP contribution < -0.4 is 9.84 Å². The monoisotopic (exact) mass is 333 g/mol. The molecule has 0 N–H and O–H groups in total. The normalized spacial score (nSPS) is 17.2. The first-order chi connectivity index (χ1) is 11.3. The Hall–Kier alpha value is -2.90. The van der Waals surface area contributed by atoms with Gasteiger partial charge in [0.2, 0.25) is 11.8 Å².